The molecule has 0 saturated carbocycles. The lowest BCUT2D eigenvalue weighted by Crippen LogP contribution is -2.13. The second kappa shape index (κ2) is 7.26. The number of fused-ring (bicyclic) bond motifs is 1. The Kier molecular flexibility index (Phi) is 4.65. The molecule has 0 bridgehead atoms. The van der Waals surface area contributed by atoms with E-state index in [0.717, 1.165) is 42.9 Å². The molecule has 4 rings (SSSR count). The molecular formula is C21H20N4O3. The Labute approximate surface area is 162 Å². The summed E-state index contributed by atoms with van der Waals surface area (Å²) in [7, 11) is 0. The van der Waals surface area contributed by atoms with E-state index in [-0.39, 0.29) is 11.6 Å². The number of para-hydroxylation sites is 1. The predicted octanol–water partition coefficient (Wildman–Crippen LogP) is 4.36. The average molecular weight is 376 g/mol. The average Bonchev–Trinajstić information content (AvgIpc) is 3.12. The first-order valence-corrected chi connectivity index (χ1v) is 9.25. The lowest BCUT2D eigenvalue weighted by atomic mass is 10.1. The third-order valence-electron chi connectivity index (χ3n) is 5.02. The van der Waals surface area contributed by atoms with Crippen molar-refractivity contribution in [3.63, 3.8) is 0 Å². The zero-order chi connectivity index (χ0) is 19.7. The van der Waals surface area contributed by atoms with Gasteiger partial charge in [0.2, 0.25) is 0 Å². The number of amides is 1. The van der Waals surface area contributed by atoms with Crippen LogP contribution in [0.25, 0.3) is 11.3 Å². The van der Waals surface area contributed by atoms with Gasteiger partial charge in [-0.15, -0.1) is 0 Å². The van der Waals surface area contributed by atoms with Crippen LogP contribution in [0, 0.1) is 17.0 Å². The Morgan fingerprint density at radius 2 is 2.04 bits per heavy atom. The van der Waals surface area contributed by atoms with Crippen molar-refractivity contribution in [1.82, 2.24) is 9.55 Å². The van der Waals surface area contributed by atoms with Gasteiger partial charge in [-0.1, -0.05) is 18.2 Å². The molecule has 28 heavy (non-hydrogen) atoms. The fraction of sp³-hybridized carbons (Fsp3) is 0.238. The summed E-state index contributed by atoms with van der Waals surface area (Å²) in [5.74, 6) is 0.766. The highest BCUT2D eigenvalue weighted by atomic mass is 16.6. The first kappa shape index (κ1) is 17.9. The van der Waals surface area contributed by atoms with Crippen molar-refractivity contribution in [3.05, 3.63) is 75.7 Å². The summed E-state index contributed by atoms with van der Waals surface area (Å²) >= 11 is 0. The van der Waals surface area contributed by atoms with Crippen LogP contribution in [0.4, 0.5) is 11.4 Å². The molecular weight excluding hydrogens is 356 g/mol. The summed E-state index contributed by atoms with van der Waals surface area (Å²) in [5, 5.41) is 13.9. The Balaban J connectivity index is 1.62. The van der Waals surface area contributed by atoms with E-state index < -0.39 is 4.92 Å². The molecule has 1 aliphatic heterocycles. The summed E-state index contributed by atoms with van der Waals surface area (Å²) in [4.78, 5) is 28.0. The van der Waals surface area contributed by atoms with Crippen molar-refractivity contribution in [2.45, 2.75) is 32.7 Å². The first-order chi connectivity index (χ1) is 13.5. The minimum absolute atomic E-state index is 0.000501. The van der Waals surface area contributed by atoms with Crippen LogP contribution in [-0.2, 0) is 13.0 Å². The van der Waals surface area contributed by atoms with Gasteiger partial charge in [0.1, 0.15) is 5.82 Å². The highest BCUT2D eigenvalue weighted by molar-refractivity contribution is 6.06. The lowest BCUT2D eigenvalue weighted by Gasteiger charge is -2.11. The fourth-order valence-corrected chi connectivity index (χ4v) is 3.55. The molecule has 2 heterocycles. The molecule has 2 aromatic carbocycles. The van der Waals surface area contributed by atoms with E-state index in [0.29, 0.717) is 16.8 Å². The molecule has 7 heteroatoms. The first-order valence-electron chi connectivity index (χ1n) is 9.25. The van der Waals surface area contributed by atoms with E-state index in [9.17, 15) is 14.9 Å². The molecule has 1 N–H and O–H groups in total. The minimum atomic E-state index is -0.452. The van der Waals surface area contributed by atoms with Gasteiger partial charge in [-0.2, -0.15) is 0 Å². The molecule has 0 fully saturated rings. The molecule has 0 spiro atoms. The number of imidazole rings is 1. The van der Waals surface area contributed by atoms with Crippen molar-refractivity contribution >= 4 is 17.3 Å². The number of nitro benzene ring substituents is 1. The van der Waals surface area contributed by atoms with Crippen LogP contribution in [0.2, 0.25) is 0 Å². The maximum absolute atomic E-state index is 12.7. The number of carbonyl (C=O) groups is 1. The van der Waals surface area contributed by atoms with Crippen molar-refractivity contribution < 1.29 is 9.72 Å². The van der Waals surface area contributed by atoms with E-state index in [2.05, 4.69) is 9.88 Å². The normalized spacial score (nSPS) is 13.0. The third-order valence-corrected chi connectivity index (χ3v) is 5.02. The standard InChI is InChI=1S/C21H20N4O3/c1-14-12-15(9-10-19(14)25(27)28)21(26)23-17-7-3-2-6-16(17)18-13-24-11-5-4-8-20(24)22-18/h2-3,6-7,9-10,12-13H,4-5,8,11H2,1H3,(H,23,26). The number of rotatable bonds is 4. The molecule has 142 valence electrons. The third kappa shape index (κ3) is 3.38. The van der Waals surface area contributed by atoms with Crippen molar-refractivity contribution in [2.24, 2.45) is 0 Å². The van der Waals surface area contributed by atoms with Gasteiger partial charge in [-0.05, 0) is 38.0 Å². The Morgan fingerprint density at radius 1 is 1.21 bits per heavy atom. The number of aryl methyl sites for hydroxylation is 3. The van der Waals surface area contributed by atoms with Gasteiger partial charge in [0.25, 0.3) is 11.6 Å². The molecule has 1 aliphatic rings. The molecule has 7 nitrogen and oxygen atoms in total. The highest BCUT2D eigenvalue weighted by Gasteiger charge is 2.18. The zero-order valence-electron chi connectivity index (χ0n) is 15.5. The molecule has 0 unspecified atom stereocenters. The molecule has 0 saturated heterocycles. The van der Waals surface area contributed by atoms with Crippen molar-refractivity contribution in [1.29, 1.82) is 0 Å². The number of nitrogens with zero attached hydrogens (tertiary/aromatic N) is 3. The van der Waals surface area contributed by atoms with Gasteiger partial charge in [-0.25, -0.2) is 4.98 Å². The number of nitro groups is 1. The van der Waals surface area contributed by atoms with Crippen LogP contribution in [0.5, 0.6) is 0 Å². The maximum Gasteiger partial charge on any atom is 0.272 e. The molecule has 1 amide bonds. The fourth-order valence-electron chi connectivity index (χ4n) is 3.55. The second-order valence-corrected chi connectivity index (χ2v) is 6.95. The van der Waals surface area contributed by atoms with Crippen LogP contribution in [0.3, 0.4) is 0 Å². The Morgan fingerprint density at radius 3 is 2.79 bits per heavy atom. The number of carbonyl (C=O) groups excluding carboxylic acids is 1. The monoisotopic (exact) mass is 376 g/mol. The van der Waals surface area contributed by atoms with Crippen LogP contribution in [0.15, 0.2) is 48.7 Å². The van der Waals surface area contributed by atoms with E-state index in [1.54, 1.807) is 6.92 Å². The Bertz CT molecular complexity index is 1050. The smallest absolute Gasteiger partial charge is 0.272 e. The number of aromatic nitrogens is 2. The molecule has 3 aromatic rings. The van der Waals surface area contributed by atoms with Crippen LogP contribution in [-0.4, -0.2) is 20.4 Å². The van der Waals surface area contributed by atoms with Gasteiger partial charge in [0.15, 0.2) is 0 Å². The number of hydrogen-bond donors (Lipinski definition) is 1. The summed E-state index contributed by atoms with van der Waals surface area (Å²) < 4.78 is 2.18. The number of hydrogen-bond acceptors (Lipinski definition) is 4. The zero-order valence-corrected chi connectivity index (χ0v) is 15.5. The number of benzene rings is 2. The van der Waals surface area contributed by atoms with Crippen molar-refractivity contribution in [3.8, 4) is 11.3 Å². The summed E-state index contributed by atoms with van der Waals surface area (Å²) in [6.07, 6.45) is 5.31. The summed E-state index contributed by atoms with van der Waals surface area (Å²) in [6, 6.07) is 11.9. The lowest BCUT2D eigenvalue weighted by molar-refractivity contribution is -0.385. The van der Waals surface area contributed by atoms with Crippen molar-refractivity contribution in [2.75, 3.05) is 5.32 Å². The number of anilines is 1. The van der Waals surface area contributed by atoms with Crippen LogP contribution < -0.4 is 5.32 Å². The minimum Gasteiger partial charge on any atom is -0.334 e. The molecule has 0 radical (unpaired) electrons. The SMILES string of the molecule is Cc1cc(C(=O)Nc2ccccc2-c2cn3c(n2)CCCC3)ccc1[N+](=O)[O-]. The van der Waals surface area contributed by atoms with Crippen LogP contribution in [0.1, 0.15) is 34.6 Å². The highest BCUT2D eigenvalue weighted by Crippen LogP contribution is 2.29. The van der Waals surface area contributed by atoms with Gasteiger partial charge in [-0.3, -0.25) is 14.9 Å². The second-order valence-electron chi connectivity index (χ2n) is 6.95. The predicted molar refractivity (Wildman–Crippen MR) is 106 cm³/mol. The van der Waals surface area contributed by atoms with Crippen LogP contribution >= 0.6 is 0 Å². The topological polar surface area (TPSA) is 90.1 Å². The van der Waals surface area contributed by atoms with Gasteiger partial charge in [0, 0.05) is 41.9 Å². The summed E-state index contributed by atoms with van der Waals surface area (Å²) in [6.45, 7) is 2.59. The van der Waals surface area contributed by atoms with E-state index in [1.807, 2.05) is 30.5 Å². The van der Waals surface area contributed by atoms with E-state index in [1.165, 1.54) is 18.2 Å². The maximum atomic E-state index is 12.7. The largest absolute Gasteiger partial charge is 0.334 e. The Hall–Kier alpha value is -3.48. The van der Waals surface area contributed by atoms with E-state index >= 15 is 0 Å². The number of nitrogens with one attached hydrogen (secondary N) is 1. The molecule has 1 aromatic heterocycles. The van der Waals surface area contributed by atoms with Gasteiger partial charge in [0.05, 0.1) is 16.3 Å². The quantitative estimate of drug-likeness (QED) is 0.541. The van der Waals surface area contributed by atoms with Gasteiger partial charge < -0.3 is 9.88 Å². The van der Waals surface area contributed by atoms with Gasteiger partial charge >= 0.3 is 0 Å². The molecule has 0 atom stereocenters. The van der Waals surface area contributed by atoms with E-state index in [4.69, 9.17) is 4.98 Å². The summed E-state index contributed by atoms with van der Waals surface area (Å²) in [5.41, 5.74) is 3.19. The molecule has 0 aliphatic carbocycles.